The second kappa shape index (κ2) is 5.61. The minimum atomic E-state index is -1.28. The quantitative estimate of drug-likeness (QED) is 0.852. The van der Waals surface area contributed by atoms with Crippen LogP contribution in [0.25, 0.3) is 0 Å². The number of nitrogens with zero attached hydrogens (tertiary/aromatic N) is 1. The van der Waals surface area contributed by atoms with Gasteiger partial charge in [0.2, 0.25) is 5.91 Å². The number of anilines is 1. The molecular formula is C13H15F3N2O. The van der Waals surface area contributed by atoms with Crippen LogP contribution in [0.3, 0.4) is 0 Å². The Bertz CT molecular complexity index is 493. The van der Waals surface area contributed by atoms with Crippen LogP contribution in [-0.2, 0) is 4.79 Å². The van der Waals surface area contributed by atoms with E-state index < -0.39 is 23.5 Å². The molecule has 1 unspecified atom stereocenters. The number of benzene rings is 1. The monoisotopic (exact) mass is 272 g/mol. The summed E-state index contributed by atoms with van der Waals surface area (Å²) in [5.74, 6) is -3.72. The first-order valence-electron chi connectivity index (χ1n) is 6.24. The van der Waals surface area contributed by atoms with Gasteiger partial charge in [-0.1, -0.05) is 6.92 Å². The lowest BCUT2D eigenvalue weighted by Crippen LogP contribution is -2.39. The van der Waals surface area contributed by atoms with Crippen molar-refractivity contribution in [1.29, 1.82) is 0 Å². The van der Waals surface area contributed by atoms with E-state index in [0.717, 1.165) is 17.4 Å². The van der Waals surface area contributed by atoms with Gasteiger partial charge in [0.05, 0.1) is 11.7 Å². The highest BCUT2D eigenvalue weighted by atomic mass is 19.2. The van der Waals surface area contributed by atoms with E-state index in [1.807, 2.05) is 6.92 Å². The highest BCUT2D eigenvalue weighted by Crippen LogP contribution is 2.27. The molecule has 1 amide bonds. The lowest BCUT2D eigenvalue weighted by Gasteiger charge is -2.18. The van der Waals surface area contributed by atoms with Crippen LogP contribution < -0.4 is 10.2 Å². The van der Waals surface area contributed by atoms with Gasteiger partial charge in [-0.25, -0.2) is 13.2 Å². The summed E-state index contributed by atoms with van der Waals surface area (Å²) in [6.07, 6.45) is 1.36. The molecule has 19 heavy (non-hydrogen) atoms. The summed E-state index contributed by atoms with van der Waals surface area (Å²) in [5.41, 5.74) is -0.330. The molecule has 1 fully saturated rings. The molecule has 0 aromatic heterocycles. The molecule has 0 spiro atoms. The smallest absolute Gasteiger partial charge is 0.244 e. The normalized spacial score (nSPS) is 19.3. The third-order valence-corrected chi connectivity index (χ3v) is 3.11. The predicted molar refractivity (Wildman–Crippen MR) is 65.4 cm³/mol. The van der Waals surface area contributed by atoms with Crippen LogP contribution in [0, 0.1) is 17.5 Å². The van der Waals surface area contributed by atoms with Crippen LogP contribution in [0.4, 0.5) is 18.9 Å². The van der Waals surface area contributed by atoms with Gasteiger partial charge in [0.1, 0.15) is 5.82 Å². The molecule has 1 atom stereocenters. The Kier molecular flexibility index (Phi) is 4.09. The Balaban J connectivity index is 2.22. The number of hydrogen-bond donors (Lipinski definition) is 1. The number of amides is 1. The molecule has 1 aromatic rings. The van der Waals surface area contributed by atoms with E-state index in [4.69, 9.17) is 0 Å². The van der Waals surface area contributed by atoms with Crippen LogP contribution in [0.2, 0.25) is 0 Å². The Morgan fingerprint density at radius 3 is 2.79 bits per heavy atom. The number of rotatable bonds is 4. The van der Waals surface area contributed by atoms with Gasteiger partial charge >= 0.3 is 0 Å². The lowest BCUT2D eigenvalue weighted by molar-refractivity contribution is -0.118. The van der Waals surface area contributed by atoms with E-state index in [9.17, 15) is 18.0 Å². The molecule has 6 heteroatoms. The minimum absolute atomic E-state index is 0.250. The van der Waals surface area contributed by atoms with Crippen molar-refractivity contribution in [3.05, 3.63) is 29.6 Å². The van der Waals surface area contributed by atoms with Gasteiger partial charge in [0, 0.05) is 18.7 Å². The number of hydrogen-bond acceptors (Lipinski definition) is 2. The highest BCUT2D eigenvalue weighted by Gasteiger charge is 2.34. The van der Waals surface area contributed by atoms with Gasteiger partial charge < -0.3 is 10.2 Å². The van der Waals surface area contributed by atoms with E-state index in [2.05, 4.69) is 5.32 Å². The zero-order valence-electron chi connectivity index (χ0n) is 10.5. The van der Waals surface area contributed by atoms with Gasteiger partial charge in [-0.15, -0.1) is 0 Å². The molecule has 1 aromatic carbocycles. The molecule has 3 nitrogen and oxygen atoms in total. The summed E-state index contributed by atoms with van der Waals surface area (Å²) in [6, 6.07) is 0.899. The van der Waals surface area contributed by atoms with Gasteiger partial charge in [0.15, 0.2) is 11.6 Å². The van der Waals surface area contributed by atoms with Crippen molar-refractivity contribution in [3.8, 4) is 0 Å². The van der Waals surface area contributed by atoms with Crippen molar-refractivity contribution < 1.29 is 18.0 Å². The lowest BCUT2D eigenvalue weighted by atomic mass is 10.2. The molecule has 1 N–H and O–H groups in total. The Labute approximate surface area is 109 Å². The number of carbonyl (C=O) groups is 1. The Morgan fingerprint density at radius 1 is 1.37 bits per heavy atom. The highest BCUT2D eigenvalue weighted by molar-refractivity contribution is 5.99. The van der Waals surface area contributed by atoms with Gasteiger partial charge in [0.25, 0.3) is 0 Å². The molecule has 2 rings (SSSR count). The minimum Gasteiger partial charge on any atom is -0.308 e. The third-order valence-electron chi connectivity index (χ3n) is 3.11. The summed E-state index contributed by atoms with van der Waals surface area (Å²) in [7, 11) is 0. The Morgan fingerprint density at radius 2 is 2.11 bits per heavy atom. The first-order chi connectivity index (χ1) is 9.04. The van der Waals surface area contributed by atoms with E-state index in [1.54, 1.807) is 0 Å². The molecule has 1 saturated heterocycles. The largest absolute Gasteiger partial charge is 0.308 e. The van der Waals surface area contributed by atoms with Crippen LogP contribution in [-0.4, -0.2) is 25.0 Å². The second-order valence-electron chi connectivity index (χ2n) is 4.51. The number of nitrogens with one attached hydrogen (secondary N) is 1. The van der Waals surface area contributed by atoms with E-state index in [0.29, 0.717) is 19.0 Å². The fourth-order valence-corrected chi connectivity index (χ4v) is 2.17. The van der Waals surface area contributed by atoms with Gasteiger partial charge in [-0.05, 0) is 19.4 Å². The van der Waals surface area contributed by atoms with Gasteiger partial charge in [-0.2, -0.15) is 0 Å². The maximum absolute atomic E-state index is 13.6. The van der Waals surface area contributed by atoms with Gasteiger partial charge in [-0.3, -0.25) is 4.79 Å². The van der Waals surface area contributed by atoms with Crippen LogP contribution in [0.15, 0.2) is 12.1 Å². The van der Waals surface area contributed by atoms with Crippen LogP contribution >= 0.6 is 0 Å². The van der Waals surface area contributed by atoms with E-state index >= 15 is 0 Å². The summed E-state index contributed by atoms with van der Waals surface area (Å²) < 4.78 is 39.9. The topological polar surface area (TPSA) is 32.3 Å². The SMILES string of the molecule is CCCNC1CCN(c2cc(F)cc(F)c2F)C1=O. The Hall–Kier alpha value is -1.56. The van der Waals surface area contributed by atoms with Crippen LogP contribution in [0.5, 0.6) is 0 Å². The molecule has 0 aliphatic carbocycles. The fraction of sp³-hybridized carbons (Fsp3) is 0.462. The van der Waals surface area contributed by atoms with Crippen molar-refractivity contribution in [3.63, 3.8) is 0 Å². The molecule has 0 radical (unpaired) electrons. The summed E-state index contributed by atoms with van der Waals surface area (Å²) in [4.78, 5) is 13.1. The third kappa shape index (κ3) is 2.73. The van der Waals surface area contributed by atoms with E-state index in [-0.39, 0.29) is 18.1 Å². The average Bonchev–Trinajstić information content (AvgIpc) is 2.73. The molecular weight excluding hydrogens is 257 g/mol. The summed E-state index contributed by atoms with van der Waals surface area (Å²) in [5, 5.41) is 3.03. The number of carbonyl (C=O) groups excluding carboxylic acids is 1. The molecule has 1 aliphatic heterocycles. The molecule has 1 heterocycles. The van der Waals surface area contributed by atoms with E-state index in [1.165, 1.54) is 0 Å². The first kappa shape index (κ1) is 13.9. The molecule has 1 aliphatic rings. The molecule has 0 saturated carbocycles. The number of halogens is 3. The zero-order chi connectivity index (χ0) is 14.0. The summed E-state index contributed by atoms with van der Waals surface area (Å²) in [6.45, 7) is 2.89. The molecule has 104 valence electrons. The first-order valence-corrected chi connectivity index (χ1v) is 6.24. The summed E-state index contributed by atoms with van der Waals surface area (Å²) >= 11 is 0. The van der Waals surface area contributed by atoms with Crippen LogP contribution in [0.1, 0.15) is 19.8 Å². The standard InChI is InChI=1S/C13H15F3N2O/c1-2-4-17-10-3-5-18(13(10)19)11-7-8(14)6-9(15)12(11)16/h6-7,10,17H,2-5H2,1H3. The maximum Gasteiger partial charge on any atom is 0.244 e. The average molecular weight is 272 g/mol. The van der Waals surface area contributed by atoms with Crippen molar-refractivity contribution in [2.45, 2.75) is 25.8 Å². The molecule has 0 bridgehead atoms. The predicted octanol–water partition coefficient (Wildman–Crippen LogP) is 2.21. The van der Waals surface area contributed by atoms with Crippen molar-refractivity contribution in [2.75, 3.05) is 18.0 Å². The zero-order valence-corrected chi connectivity index (χ0v) is 10.5. The maximum atomic E-state index is 13.6. The van der Waals surface area contributed by atoms with Crippen molar-refractivity contribution in [2.24, 2.45) is 0 Å². The van der Waals surface area contributed by atoms with Crippen molar-refractivity contribution in [1.82, 2.24) is 5.32 Å². The van der Waals surface area contributed by atoms with Crippen molar-refractivity contribution >= 4 is 11.6 Å². The fourth-order valence-electron chi connectivity index (χ4n) is 2.17. The second-order valence-corrected chi connectivity index (χ2v) is 4.51.